The summed E-state index contributed by atoms with van der Waals surface area (Å²) in [5, 5.41) is 18.2. The zero-order chi connectivity index (χ0) is 19.7. The number of primary sulfonamides is 1. The Hall–Kier alpha value is -1.97. The molecule has 2 rings (SSSR count). The quantitative estimate of drug-likeness (QED) is 0.492. The summed E-state index contributed by atoms with van der Waals surface area (Å²) in [5.74, 6) is 0.763. The molecule has 0 saturated carbocycles. The van der Waals surface area contributed by atoms with Crippen molar-refractivity contribution in [3.05, 3.63) is 59.7 Å². The number of benzene rings is 2. The van der Waals surface area contributed by atoms with Gasteiger partial charge in [-0.05, 0) is 36.7 Å². The second kappa shape index (κ2) is 10.4. The van der Waals surface area contributed by atoms with Crippen LogP contribution in [0.15, 0.2) is 53.4 Å². The van der Waals surface area contributed by atoms with E-state index in [1.807, 2.05) is 24.3 Å². The summed E-state index contributed by atoms with van der Waals surface area (Å²) in [5.41, 5.74) is 1.92. The van der Waals surface area contributed by atoms with Gasteiger partial charge in [-0.2, -0.15) is 0 Å². The lowest BCUT2D eigenvalue weighted by molar-refractivity contribution is 0.0283. The molecule has 148 valence electrons. The van der Waals surface area contributed by atoms with Gasteiger partial charge in [0, 0.05) is 12.1 Å². The second-order valence-corrected chi connectivity index (χ2v) is 7.69. The molecule has 8 heteroatoms. The Morgan fingerprint density at radius 2 is 1.85 bits per heavy atom. The average molecular weight is 394 g/mol. The van der Waals surface area contributed by atoms with E-state index in [1.54, 1.807) is 19.2 Å². The van der Waals surface area contributed by atoms with Gasteiger partial charge in [-0.25, -0.2) is 13.6 Å². The maximum Gasteiger partial charge on any atom is 0.238 e. The van der Waals surface area contributed by atoms with E-state index in [2.05, 4.69) is 5.32 Å². The number of methoxy groups -OCH3 is 1. The topological polar surface area (TPSA) is 111 Å². The second-order valence-electron chi connectivity index (χ2n) is 6.12. The van der Waals surface area contributed by atoms with Crippen LogP contribution in [-0.4, -0.2) is 46.4 Å². The van der Waals surface area contributed by atoms with Crippen molar-refractivity contribution in [2.75, 3.05) is 26.8 Å². The molecule has 0 aliphatic heterocycles. The molecule has 0 aliphatic carbocycles. The van der Waals surface area contributed by atoms with Crippen molar-refractivity contribution in [1.29, 1.82) is 0 Å². The van der Waals surface area contributed by atoms with E-state index in [0.29, 0.717) is 26.1 Å². The first kappa shape index (κ1) is 21.3. The molecule has 0 aromatic heterocycles. The maximum absolute atomic E-state index is 11.2. The number of hydrogen-bond acceptors (Lipinski definition) is 6. The molecule has 27 heavy (non-hydrogen) atoms. The van der Waals surface area contributed by atoms with Crippen molar-refractivity contribution in [2.24, 2.45) is 5.14 Å². The molecule has 0 fully saturated rings. The number of aliphatic hydroxyl groups is 1. The fourth-order valence-corrected chi connectivity index (χ4v) is 3.05. The number of rotatable bonds is 11. The van der Waals surface area contributed by atoms with Crippen LogP contribution < -0.4 is 15.2 Å². The Morgan fingerprint density at radius 3 is 2.52 bits per heavy atom. The van der Waals surface area contributed by atoms with Gasteiger partial charge in [-0.3, -0.25) is 0 Å². The van der Waals surface area contributed by atoms with Crippen LogP contribution >= 0.6 is 0 Å². The largest absolute Gasteiger partial charge is 0.496 e. The summed E-state index contributed by atoms with van der Waals surface area (Å²) in [6.07, 6.45) is 0.0872. The number of aliphatic hydroxyl groups excluding tert-OH is 1. The highest BCUT2D eigenvalue weighted by Gasteiger charge is 2.08. The van der Waals surface area contributed by atoms with E-state index >= 15 is 0 Å². The number of nitrogens with one attached hydrogen (secondary N) is 1. The van der Waals surface area contributed by atoms with Crippen LogP contribution in [0.2, 0.25) is 0 Å². The van der Waals surface area contributed by atoms with Crippen LogP contribution in [0.1, 0.15) is 11.1 Å². The maximum atomic E-state index is 11.2. The predicted octanol–water partition coefficient (Wildman–Crippen LogP) is 1.05. The Balaban J connectivity index is 1.64. The molecule has 0 spiro atoms. The zero-order valence-electron chi connectivity index (χ0n) is 15.3. The fraction of sp³-hybridized carbons (Fsp3) is 0.368. The molecule has 2 aromatic carbocycles. The van der Waals surface area contributed by atoms with Gasteiger partial charge >= 0.3 is 0 Å². The van der Waals surface area contributed by atoms with E-state index in [4.69, 9.17) is 14.6 Å². The zero-order valence-corrected chi connectivity index (χ0v) is 16.1. The predicted molar refractivity (Wildman–Crippen MR) is 103 cm³/mol. The normalized spacial score (nSPS) is 12.7. The first-order valence-corrected chi connectivity index (χ1v) is 10.1. The molecule has 4 N–H and O–H groups in total. The summed E-state index contributed by atoms with van der Waals surface area (Å²) >= 11 is 0. The summed E-state index contributed by atoms with van der Waals surface area (Å²) in [6, 6.07) is 14.0. The summed E-state index contributed by atoms with van der Waals surface area (Å²) in [4.78, 5) is 0.0989. The molecule has 1 atom stereocenters. The molecule has 0 radical (unpaired) electrons. The summed E-state index contributed by atoms with van der Waals surface area (Å²) < 4.78 is 33.2. The third kappa shape index (κ3) is 7.28. The van der Waals surface area contributed by atoms with E-state index in [-0.39, 0.29) is 11.5 Å². The van der Waals surface area contributed by atoms with Crippen molar-refractivity contribution >= 4 is 10.0 Å². The van der Waals surface area contributed by atoms with Crippen LogP contribution in [0.4, 0.5) is 0 Å². The van der Waals surface area contributed by atoms with Gasteiger partial charge in [0.25, 0.3) is 0 Å². The fourth-order valence-electron chi connectivity index (χ4n) is 2.53. The lowest BCUT2D eigenvalue weighted by atomic mass is 10.1. The first-order valence-electron chi connectivity index (χ1n) is 8.60. The first-order chi connectivity index (χ1) is 12.9. The standard InChI is InChI=1S/C19H26N2O5S/c1-25-19-5-3-2-4-16(19)13-26-14-17(22)12-21-11-10-15-6-8-18(9-7-15)27(20,23)24/h2-9,17,21-22H,10-14H2,1H3,(H2,20,23,24). The van der Waals surface area contributed by atoms with Gasteiger partial charge < -0.3 is 19.9 Å². The van der Waals surface area contributed by atoms with Crippen molar-refractivity contribution in [3.63, 3.8) is 0 Å². The summed E-state index contributed by atoms with van der Waals surface area (Å²) in [6.45, 7) is 1.64. The van der Waals surface area contributed by atoms with E-state index in [1.165, 1.54) is 12.1 Å². The van der Waals surface area contributed by atoms with Gasteiger partial charge in [0.05, 0.1) is 31.3 Å². The molecule has 2 aromatic rings. The van der Waals surface area contributed by atoms with Crippen LogP contribution in [0.5, 0.6) is 5.75 Å². The molecule has 0 saturated heterocycles. The van der Waals surface area contributed by atoms with Crippen molar-refractivity contribution < 1.29 is 23.0 Å². The van der Waals surface area contributed by atoms with Crippen molar-refractivity contribution in [2.45, 2.75) is 24.0 Å². The minimum absolute atomic E-state index is 0.0989. The molecule has 0 amide bonds. The summed E-state index contributed by atoms with van der Waals surface area (Å²) in [7, 11) is -2.05. The lowest BCUT2D eigenvalue weighted by Crippen LogP contribution is -2.31. The van der Waals surface area contributed by atoms with Crippen LogP contribution in [-0.2, 0) is 27.8 Å². The SMILES string of the molecule is COc1ccccc1COCC(O)CNCCc1ccc(S(N)(=O)=O)cc1. The van der Waals surface area contributed by atoms with Gasteiger partial charge in [0.15, 0.2) is 0 Å². The highest BCUT2D eigenvalue weighted by molar-refractivity contribution is 7.89. The smallest absolute Gasteiger partial charge is 0.238 e. The number of sulfonamides is 1. The van der Waals surface area contributed by atoms with Gasteiger partial charge in [0.1, 0.15) is 5.75 Å². The Kier molecular flexibility index (Phi) is 8.21. The monoisotopic (exact) mass is 394 g/mol. The van der Waals surface area contributed by atoms with Crippen LogP contribution in [0.25, 0.3) is 0 Å². The van der Waals surface area contributed by atoms with Crippen molar-refractivity contribution in [3.8, 4) is 5.75 Å². The van der Waals surface area contributed by atoms with Gasteiger partial charge in [0.2, 0.25) is 10.0 Å². The molecule has 0 heterocycles. The Morgan fingerprint density at radius 1 is 1.15 bits per heavy atom. The molecule has 0 aliphatic rings. The molecular weight excluding hydrogens is 368 g/mol. The van der Waals surface area contributed by atoms with E-state index in [9.17, 15) is 13.5 Å². The minimum atomic E-state index is -3.66. The number of para-hydroxylation sites is 1. The number of ether oxygens (including phenoxy) is 2. The Labute approximate surface area is 160 Å². The third-order valence-electron chi connectivity index (χ3n) is 3.98. The van der Waals surface area contributed by atoms with Crippen molar-refractivity contribution in [1.82, 2.24) is 5.32 Å². The molecular formula is C19H26N2O5S. The minimum Gasteiger partial charge on any atom is -0.496 e. The van der Waals surface area contributed by atoms with Crippen LogP contribution in [0.3, 0.4) is 0 Å². The highest BCUT2D eigenvalue weighted by atomic mass is 32.2. The van der Waals surface area contributed by atoms with E-state index in [0.717, 1.165) is 16.9 Å². The van der Waals surface area contributed by atoms with Crippen LogP contribution in [0, 0.1) is 0 Å². The third-order valence-corrected chi connectivity index (χ3v) is 4.91. The van der Waals surface area contributed by atoms with E-state index < -0.39 is 16.1 Å². The molecule has 0 bridgehead atoms. The Bertz CT molecular complexity index is 809. The lowest BCUT2D eigenvalue weighted by Gasteiger charge is -2.13. The highest BCUT2D eigenvalue weighted by Crippen LogP contribution is 2.18. The number of nitrogens with two attached hydrogens (primary N) is 1. The number of hydrogen-bond donors (Lipinski definition) is 3. The average Bonchev–Trinajstić information content (AvgIpc) is 2.65. The molecule has 1 unspecified atom stereocenters. The molecule has 7 nitrogen and oxygen atoms in total. The van der Waals surface area contributed by atoms with Gasteiger partial charge in [-0.15, -0.1) is 0 Å². The van der Waals surface area contributed by atoms with Gasteiger partial charge in [-0.1, -0.05) is 30.3 Å².